The highest BCUT2D eigenvalue weighted by Gasteiger charge is 2.51. The van der Waals surface area contributed by atoms with E-state index < -0.39 is 35.2 Å². The number of carbonyl (C=O) groups excluding carboxylic acids is 1. The van der Waals surface area contributed by atoms with Gasteiger partial charge in [0.25, 0.3) is 0 Å². The minimum atomic E-state index is -1.27. The Bertz CT molecular complexity index is 1130. The number of amides is 1. The Kier molecular flexibility index (Phi) is 4.79. The summed E-state index contributed by atoms with van der Waals surface area (Å²) in [7, 11) is 0. The van der Waals surface area contributed by atoms with Gasteiger partial charge in [-0.25, -0.2) is 8.78 Å². The minimum absolute atomic E-state index is 0.0208. The Morgan fingerprint density at radius 3 is 2.71 bits per heavy atom. The molecule has 2 heterocycles. The molecule has 2 aromatic carbocycles. The molecule has 1 spiro atoms. The highest BCUT2D eigenvalue weighted by Crippen LogP contribution is 2.55. The average Bonchev–Trinajstić information content (AvgIpc) is 3.40. The maximum Gasteiger partial charge on any atom is 0.241 e. The summed E-state index contributed by atoms with van der Waals surface area (Å²) in [5.74, 6) is -1.19. The zero-order chi connectivity index (χ0) is 21.6. The van der Waals surface area contributed by atoms with E-state index in [9.17, 15) is 18.7 Å². The van der Waals surface area contributed by atoms with Gasteiger partial charge >= 0.3 is 0 Å². The fourth-order valence-corrected chi connectivity index (χ4v) is 4.25. The van der Waals surface area contributed by atoms with Gasteiger partial charge in [-0.2, -0.15) is 0 Å². The average molecular weight is 425 g/mol. The first-order chi connectivity index (χ1) is 14.9. The molecule has 1 amide bonds. The zero-order valence-corrected chi connectivity index (χ0v) is 16.5. The van der Waals surface area contributed by atoms with Crippen LogP contribution in [0.2, 0.25) is 0 Å². The van der Waals surface area contributed by atoms with Gasteiger partial charge in [0.1, 0.15) is 17.5 Å². The van der Waals surface area contributed by atoms with Crippen molar-refractivity contribution in [2.45, 2.75) is 43.4 Å². The Labute approximate surface area is 176 Å². The first-order valence-corrected chi connectivity index (χ1v) is 10.1. The molecule has 160 valence electrons. The van der Waals surface area contributed by atoms with Crippen LogP contribution in [0.5, 0.6) is 0 Å². The van der Waals surface area contributed by atoms with Gasteiger partial charge in [0.05, 0.1) is 11.7 Å². The van der Waals surface area contributed by atoms with Crippen molar-refractivity contribution in [3.63, 3.8) is 0 Å². The number of rotatable bonds is 5. The highest BCUT2D eigenvalue weighted by molar-refractivity contribution is 5.97. The van der Waals surface area contributed by atoms with E-state index in [2.05, 4.69) is 25.8 Å². The van der Waals surface area contributed by atoms with Crippen molar-refractivity contribution in [2.24, 2.45) is 0 Å². The van der Waals surface area contributed by atoms with Gasteiger partial charge in [0, 0.05) is 12.5 Å². The van der Waals surface area contributed by atoms with Gasteiger partial charge in [-0.3, -0.25) is 10.1 Å². The van der Waals surface area contributed by atoms with Gasteiger partial charge < -0.3 is 15.4 Å². The zero-order valence-electron chi connectivity index (χ0n) is 16.5. The molecule has 4 N–H and O–H groups in total. The predicted octanol–water partition coefficient (Wildman–Crippen LogP) is 2.70. The lowest BCUT2D eigenvalue weighted by Gasteiger charge is -2.21. The topological polar surface area (TPSA) is 103 Å². The second-order valence-corrected chi connectivity index (χ2v) is 8.22. The van der Waals surface area contributed by atoms with Crippen LogP contribution in [0.25, 0.3) is 0 Å². The molecule has 1 fully saturated rings. The van der Waals surface area contributed by atoms with Crippen LogP contribution in [0.15, 0.2) is 42.5 Å². The summed E-state index contributed by atoms with van der Waals surface area (Å²) in [6.45, 7) is 0. The number of aliphatic hydroxyl groups is 1. The lowest BCUT2D eigenvalue weighted by molar-refractivity contribution is -0.119. The van der Waals surface area contributed by atoms with Crippen molar-refractivity contribution in [1.82, 2.24) is 20.5 Å². The van der Waals surface area contributed by atoms with Crippen molar-refractivity contribution >= 4 is 11.6 Å². The molecule has 1 unspecified atom stereocenters. The molecule has 5 rings (SSSR count). The monoisotopic (exact) mass is 425 g/mol. The number of carbonyl (C=O) groups is 1. The Morgan fingerprint density at radius 2 is 1.97 bits per heavy atom. The number of fused-ring (bicyclic) bond motifs is 2. The van der Waals surface area contributed by atoms with Gasteiger partial charge in [0.2, 0.25) is 5.91 Å². The van der Waals surface area contributed by atoms with Crippen LogP contribution in [-0.4, -0.2) is 32.2 Å². The minimum Gasteiger partial charge on any atom is -0.371 e. The quantitative estimate of drug-likeness (QED) is 0.471. The number of H-pyrrole nitrogens is 1. The number of nitrogens with zero attached hydrogens (tertiary/aromatic N) is 2. The number of halogens is 2. The highest BCUT2D eigenvalue weighted by atomic mass is 19.1. The number of aromatic amines is 1. The van der Waals surface area contributed by atoms with Crippen LogP contribution in [0.3, 0.4) is 0 Å². The summed E-state index contributed by atoms with van der Waals surface area (Å²) in [5, 5.41) is 24.1. The van der Waals surface area contributed by atoms with E-state index in [-0.39, 0.29) is 11.5 Å². The van der Waals surface area contributed by atoms with Crippen LogP contribution < -0.4 is 10.6 Å². The first-order valence-electron chi connectivity index (χ1n) is 10.1. The standard InChI is InChI=1S/C22H21F2N5O2/c23-13-9-14-18(15(24)10-13)27-20(30)16(11-22(14)6-7-22)25-21(31)19-26-17(28-29-19)8-12-4-2-1-3-5-12/h1-5,9-10,16,21,25,31H,6-8,11H2,(H,27,30)(H,26,28,29)/t16-,21?/m0/s1. The summed E-state index contributed by atoms with van der Waals surface area (Å²) in [6, 6.07) is 10.9. The number of anilines is 1. The molecular weight excluding hydrogens is 404 g/mol. The molecular formula is C22H21F2N5O2. The largest absolute Gasteiger partial charge is 0.371 e. The van der Waals surface area contributed by atoms with E-state index in [1.54, 1.807) is 0 Å². The van der Waals surface area contributed by atoms with Crippen LogP contribution >= 0.6 is 0 Å². The lowest BCUT2D eigenvalue weighted by Crippen LogP contribution is -2.43. The molecule has 1 aliphatic heterocycles. The predicted molar refractivity (Wildman–Crippen MR) is 108 cm³/mol. The van der Waals surface area contributed by atoms with Crippen molar-refractivity contribution in [2.75, 3.05) is 5.32 Å². The number of hydrogen-bond acceptors (Lipinski definition) is 5. The smallest absolute Gasteiger partial charge is 0.241 e. The normalized spacial score (nSPS) is 20.1. The molecule has 1 aromatic heterocycles. The summed E-state index contributed by atoms with van der Waals surface area (Å²) in [5.41, 5.74) is 1.04. The van der Waals surface area contributed by atoms with Crippen LogP contribution in [0.1, 0.15) is 48.3 Å². The van der Waals surface area contributed by atoms with E-state index in [1.807, 2.05) is 30.3 Å². The van der Waals surface area contributed by atoms with E-state index >= 15 is 0 Å². The Morgan fingerprint density at radius 1 is 1.19 bits per heavy atom. The lowest BCUT2D eigenvalue weighted by atomic mass is 9.89. The molecule has 3 aromatic rings. The van der Waals surface area contributed by atoms with Crippen molar-refractivity contribution in [3.8, 4) is 0 Å². The van der Waals surface area contributed by atoms with Gasteiger partial charge in [-0.15, -0.1) is 10.2 Å². The van der Waals surface area contributed by atoms with E-state index in [0.29, 0.717) is 24.2 Å². The summed E-state index contributed by atoms with van der Waals surface area (Å²) in [6.07, 6.45) is 1.00. The molecule has 7 nitrogen and oxygen atoms in total. The van der Waals surface area contributed by atoms with Gasteiger partial charge in [0.15, 0.2) is 12.1 Å². The second-order valence-electron chi connectivity index (χ2n) is 8.22. The number of aliphatic hydroxyl groups excluding tert-OH is 1. The van der Waals surface area contributed by atoms with Crippen molar-refractivity contribution in [3.05, 3.63) is 76.9 Å². The third-order valence-electron chi connectivity index (χ3n) is 6.02. The fourth-order valence-electron chi connectivity index (χ4n) is 4.25. The number of aromatic nitrogens is 3. The third-order valence-corrected chi connectivity index (χ3v) is 6.02. The van der Waals surface area contributed by atoms with E-state index in [0.717, 1.165) is 24.5 Å². The van der Waals surface area contributed by atoms with Gasteiger partial charge in [-0.1, -0.05) is 30.3 Å². The van der Waals surface area contributed by atoms with E-state index in [4.69, 9.17) is 0 Å². The number of hydrogen-bond donors (Lipinski definition) is 4. The Balaban J connectivity index is 1.33. The van der Waals surface area contributed by atoms with Gasteiger partial charge in [-0.05, 0) is 41.9 Å². The maximum absolute atomic E-state index is 14.3. The third kappa shape index (κ3) is 3.82. The molecule has 0 saturated heterocycles. The summed E-state index contributed by atoms with van der Waals surface area (Å²) in [4.78, 5) is 15.7. The van der Waals surface area contributed by atoms with Crippen LogP contribution in [0, 0.1) is 11.6 Å². The molecule has 31 heavy (non-hydrogen) atoms. The van der Waals surface area contributed by atoms with Crippen molar-refractivity contribution in [1.29, 1.82) is 0 Å². The molecule has 0 bridgehead atoms. The number of nitrogens with one attached hydrogen (secondary N) is 3. The molecule has 9 heteroatoms. The SMILES string of the molecule is O=C1Nc2c(F)cc(F)cc2C2(CC2)C[C@@H]1NC(O)c1nnc(Cc2ccccc2)[nH]1. The second kappa shape index (κ2) is 7.51. The first kappa shape index (κ1) is 19.8. The summed E-state index contributed by atoms with van der Waals surface area (Å²) < 4.78 is 28.2. The van der Waals surface area contributed by atoms with Crippen LogP contribution in [-0.2, 0) is 16.6 Å². The van der Waals surface area contributed by atoms with Crippen molar-refractivity contribution < 1.29 is 18.7 Å². The maximum atomic E-state index is 14.3. The molecule has 1 aliphatic carbocycles. The fraction of sp³-hybridized carbons (Fsp3) is 0.318. The Hall–Kier alpha value is -3.17. The molecule has 0 radical (unpaired) electrons. The summed E-state index contributed by atoms with van der Waals surface area (Å²) >= 11 is 0. The molecule has 2 atom stereocenters. The van der Waals surface area contributed by atoms with Crippen LogP contribution in [0.4, 0.5) is 14.5 Å². The number of benzene rings is 2. The van der Waals surface area contributed by atoms with E-state index in [1.165, 1.54) is 6.07 Å². The molecule has 1 saturated carbocycles. The molecule has 2 aliphatic rings.